The maximum atomic E-state index is 13.8. The Hall–Kier alpha value is -5.63. The number of aliphatic hydroxyl groups is 1. The Morgan fingerprint density at radius 3 is 2.07 bits per heavy atom. The highest BCUT2D eigenvalue weighted by Crippen LogP contribution is 2.08. The summed E-state index contributed by atoms with van der Waals surface area (Å²) in [4.78, 5) is 109. The first-order valence-corrected chi connectivity index (χ1v) is 18.0. The lowest BCUT2D eigenvalue weighted by Crippen LogP contribution is -2.64. The van der Waals surface area contributed by atoms with Gasteiger partial charge in [-0.05, 0) is 45.2 Å². The van der Waals surface area contributed by atoms with Crippen LogP contribution in [0.5, 0.6) is 0 Å². The Kier molecular flexibility index (Phi) is 19.9. The van der Waals surface area contributed by atoms with Gasteiger partial charge in [-0.15, -0.1) is 0 Å². The van der Waals surface area contributed by atoms with E-state index in [1.165, 1.54) is 0 Å². The van der Waals surface area contributed by atoms with Crippen LogP contribution >= 0.6 is 0 Å². The minimum absolute atomic E-state index is 0.0543. The monoisotopic (exact) mass is 796 g/mol. The molecule has 0 spiro atoms. The molecule has 0 aromatic rings. The molecule has 0 bridgehead atoms. The fourth-order valence-corrected chi connectivity index (χ4v) is 5.42. The molecule has 4 unspecified atom stereocenters. The van der Waals surface area contributed by atoms with E-state index in [9.17, 15) is 43.5 Å². The van der Waals surface area contributed by atoms with Crippen molar-refractivity contribution in [3.63, 3.8) is 0 Å². The molecule has 7 atom stereocenters. The Morgan fingerprint density at radius 1 is 0.857 bits per heavy atom. The van der Waals surface area contributed by atoms with Gasteiger partial charge >= 0.3 is 6.03 Å². The van der Waals surface area contributed by atoms with Crippen LogP contribution in [0.25, 0.3) is 0 Å². The van der Waals surface area contributed by atoms with E-state index in [1.54, 1.807) is 0 Å². The normalized spacial score (nSPS) is 24.4. The quantitative estimate of drug-likeness (QED) is 0.0645. The number of nitrogens with two attached hydrogens (primary N) is 6. The van der Waals surface area contributed by atoms with E-state index in [2.05, 4.69) is 47.5 Å². The van der Waals surface area contributed by atoms with Crippen molar-refractivity contribution < 1.29 is 43.5 Å². The summed E-state index contributed by atoms with van der Waals surface area (Å²) in [6.07, 6.45) is 2.38. The molecule has 314 valence electrons. The van der Waals surface area contributed by atoms with Crippen LogP contribution in [0.15, 0.2) is 16.9 Å². The third-order valence-corrected chi connectivity index (χ3v) is 8.43. The number of hydrogen-bond acceptors (Lipinski definition) is 16. The second-order valence-electron chi connectivity index (χ2n) is 13.1. The fourth-order valence-electron chi connectivity index (χ4n) is 5.42. The SMILES string of the molecule is NCCC[C@H](N)CC(=O)NCC1NC(=O)C(CO)NC(=O)C(NC(=O)C[C@@H](N)CCCN)CNC(=O)[C@@H](C2CCN=C(N)N2)NC(=O)/C(=C/NC(N)=O)NC1=O. The molecule has 0 aliphatic carbocycles. The number of primary amides is 1. The molecule has 0 aromatic heterocycles. The summed E-state index contributed by atoms with van der Waals surface area (Å²) in [5, 5.41) is 31.6. The summed E-state index contributed by atoms with van der Waals surface area (Å²) in [7, 11) is 0. The average Bonchev–Trinajstić information content (AvgIpc) is 3.14. The number of carbonyl (C=O) groups excluding carboxylic acids is 8. The molecular formula is C31H56N16O9. The van der Waals surface area contributed by atoms with Crippen LogP contribution in [0.1, 0.15) is 44.9 Å². The largest absolute Gasteiger partial charge is 0.394 e. The predicted molar refractivity (Wildman–Crippen MR) is 200 cm³/mol. The number of aliphatic imine (C=N–C) groups is 1. The minimum atomic E-state index is -1.75. The first kappa shape index (κ1) is 46.5. The van der Waals surface area contributed by atoms with E-state index < -0.39 is 115 Å². The molecule has 0 radical (unpaired) electrons. The molecule has 2 aliphatic rings. The van der Waals surface area contributed by atoms with Crippen LogP contribution in [0.4, 0.5) is 4.79 Å². The summed E-state index contributed by atoms with van der Waals surface area (Å²) in [5.74, 6) is -6.72. The maximum Gasteiger partial charge on any atom is 0.316 e. The molecule has 2 rings (SSSR count). The van der Waals surface area contributed by atoms with Gasteiger partial charge in [0.1, 0.15) is 29.9 Å². The molecule has 1 fully saturated rings. The number of nitrogens with one attached hydrogen (secondary N) is 9. The third-order valence-electron chi connectivity index (χ3n) is 8.43. The molecule has 0 saturated carbocycles. The number of hydrogen-bond donors (Lipinski definition) is 16. The number of nitrogens with zero attached hydrogens (tertiary/aromatic N) is 1. The number of guanidine groups is 1. The van der Waals surface area contributed by atoms with E-state index in [-0.39, 0.29) is 31.8 Å². The van der Waals surface area contributed by atoms with Crippen LogP contribution in [0, 0.1) is 0 Å². The highest BCUT2D eigenvalue weighted by atomic mass is 16.3. The predicted octanol–water partition coefficient (Wildman–Crippen LogP) is -8.62. The van der Waals surface area contributed by atoms with E-state index in [4.69, 9.17) is 34.4 Å². The average molecular weight is 797 g/mol. The van der Waals surface area contributed by atoms with E-state index in [0.29, 0.717) is 38.8 Å². The van der Waals surface area contributed by atoms with E-state index >= 15 is 0 Å². The van der Waals surface area contributed by atoms with Gasteiger partial charge in [-0.1, -0.05) is 0 Å². The molecule has 2 heterocycles. The zero-order valence-electron chi connectivity index (χ0n) is 30.9. The smallest absolute Gasteiger partial charge is 0.316 e. The number of urea groups is 1. The lowest BCUT2D eigenvalue weighted by molar-refractivity contribution is -0.135. The van der Waals surface area contributed by atoms with E-state index in [1.807, 2.05) is 5.32 Å². The van der Waals surface area contributed by atoms with Gasteiger partial charge in [0.2, 0.25) is 35.4 Å². The van der Waals surface area contributed by atoms with Crippen molar-refractivity contribution in [3.8, 4) is 0 Å². The zero-order valence-corrected chi connectivity index (χ0v) is 30.9. The lowest BCUT2D eigenvalue weighted by Gasteiger charge is -2.31. The van der Waals surface area contributed by atoms with Crippen LogP contribution < -0.4 is 82.3 Å². The van der Waals surface area contributed by atoms with Gasteiger partial charge in [-0.3, -0.25) is 38.6 Å². The minimum Gasteiger partial charge on any atom is -0.394 e. The highest BCUT2D eigenvalue weighted by molar-refractivity contribution is 6.02. The van der Waals surface area contributed by atoms with Crippen molar-refractivity contribution in [2.45, 2.75) is 87.2 Å². The zero-order chi connectivity index (χ0) is 41.8. The molecule has 2 aliphatic heterocycles. The molecule has 9 amide bonds. The second kappa shape index (κ2) is 24.0. The lowest BCUT2D eigenvalue weighted by atomic mass is 10.0. The van der Waals surface area contributed by atoms with Crippen LogP contribution in [0.3, 0.4) is 0 Å². The van der Waals surface area contributed by atoms with Gasteiger partial charge in [0.25, 0.3) is 5.91 Å². The van der Waals surface area contributed by atoms with Crippen LogP contribution in [-0.2, 0) is 33.6 Å². The second-order valence-corrected chi connectivity index (χ2v) is 13.1. The van der Waals surface area contributed by atoms with E-state index in [0.717, 1.165) is 6.20 Å². The van der Waals surface area contributed by atoms with Crippen molar-refractivity contribution in [3.05, 3.63) is 11.9 Å². The first-order chi connectivity index (χ1) is 26.6. The van der Waals surface area contributed by atoms with Crippen LogP contribution in [0.2, 0.25) is 0 Å². The molecule has 0 aromatic carbocycles. The number of rotatable bonds is 16. The van der Waals surface area contributed by atoms with Crippen molar-refractivity contribution >= 4 is 53.3 Å². The summed E-state index contributed by atoms with van der Waals surface area (Å²) < 4.78 is 0. The molecular weight excluding hydrogens is 740 g/mol. The number of amides is 9. The Balaban J connectivity index is 2.56. The molecule has 25 nitrogen and oxygen atoms in total. The standard InChI is InChI=1S/C31H56N16O9/c32-6-1-3-15(34)9-22(49)39-11-19-26(52)43-20(13-41-31(37)56)27(53)47-24(17-5-8-38-30(36)46-17)29(55)40-12-18(25(51)45-21(14-48)28(54)44-19)42-23(50)10-16(35)4-2-7-33/h13,15-19,21,24,48H,1-12,14,32-35H2,(H,39,49)(H,40,55)(H,42,50)(H,43,52)(H,44,54)(H,45,51)(H,47,53)(H3,36,38,46)(H3,37,41,56)/b20-13-/t15-,16-,17?,18?,19?,21?,24+/m0/s1. The van der Waals surface area contributed by atoms with Gasteiger partial charge in [-0.2, -0.15) is 0 Å². The maximum absolute atomic E-state index is 13.8. The van der Waals surface area contributed by atoms with Gasteiger partial charge < -0.3 is 87.4 Å². The molecule has 56 heavy (non-hydrogen) atoms. The van der Waals surface area contributed by atoms with Crippen molar-refractivity contribution in [1.29, 1.82) is 0 Å². The number of carbonyl (C=O) groups is 8. The van der Waals surface area contributed by atoms with Gasteiger partial charge in [0.15, 0.2) is 5.96 Å². The molecule has 22 N–H and O–H groups in total. The summed E-state index contributed by atoms with van der Waals surface area (Å²) in [5.41, 5.74) is 33.4. The van der Waals surface area contributed by atoms with Crippen LogP contribution in [-0.4, -0.2) is 140 Å². The Bertz CT molecular complexity index is 1480. The Labute approximate surface area is 322 Å². The highest BCUT2D eigenvalue weighted by Gasteiger charge is 2.36. The summed E-state index contributed by atoms with van der Waals surface area (Å²) in [6, 6.07) is -9.76. The summed E-state index contributed by atoms with van der Waals surface area (Å²) in [6.45, 7) is -1.38. The van der Waals surface area contributed by atoms with Gasteiger partial charge in [0.05, 0.1) is 12.6 Å². The van der Waals surface area contributed by atoms with Crippen molar-refractivity contribution in [2.24, 2.45) is 39.4 Å². The first-order valence-electron chi connectivity index (χ1n) is 18.0. The topological polar surface area (TPSA) is 434 Å². The Morgan fingerprint density at radius 2 is 1.48 bits per heavy atom. The van der Waals surface area contributed by atoms with Crippen molar-refractivity contribution in [2.75, 3.05) is 39.3 Å². The molecule has 25 heteroatoms. The fraction of sp³-hybridized carbons (Fsp3) is 0.645. The van der Waals surface area contributed by atoms with Gasteiger partial charge in [-0.25, -0.2) is 4.79 Å². The third kappa shape index (κ3) is 16.4. The van der Waals surface area contributed by atoms with Gasteiger partial charge in [0, 0.05) is 50.8 Å². The van der Waals surface area contributed by atoms with Crippen molar-refractivity contribution in [1.82, 2.24) is 47.9 Å². The molecule has 1 saturated heterocycles. The number of aliphatic hydroxyl groups excluding tert-OH is 1. The summed E-state index contributed by atoms with van der Waals surface area (Å²) >= 11 is 0.